The number of likely N-dealkylation sites (N-methyl/N-ethyl adjacent to an activating group) is 1. The number of nitrogens with zero attached hydrogens (tertiary/aromatic N) is 1. The van der Waals surface area contributed by atoms with Gasteiger partial charge in [0.1, 0.15) is 11.4 Å². The van der Waals surface area contributed by atoms with E-state index in [0.29, 0.717) is 0 Å². The molecule has 0 spiro atoms. The number of halogens is 2. The van der Waals surface area contributed by atoms with Gasteiger partial charge >= 0.3 is 12.1 Å². The fourth-order valence-electron chi connectivity index (χ4n) is 1.90. The first kappa shape index (κ1) is 18.4. The number of rotatable bonds is 4. The van der Waals surface area contributed by atoms with Crippen molar-refractivity contribution < 1.29 is 23.8 Å². The summed E-state index contributed by atoms with van der Waals surface area (Å²) in [5.74, 6) is -1.72. The van der Waals surface area contributed by atoms with Crippen LogP contribution in [-0.4, -0.2) is 34.2 Å². The van der Waals surface area contributed by atoms with E-state index in [4.69, 9.17) is 4.74 Å². The van der Waals surface area contributed by atoms with Crippen molar-refractivity contribution in [3.05, 3.63) is 34.1 Å². The maximum absolute atomic E-state index is 13.2. The lowest BCUT2D eigenvalue weighted by Crippen LogP contribution is -2.42. The van der Waals surface area contributed by atoms with Crippen LogP contribution in [0.5, 0.6) is 0 Å². The minimum atomic E-state index is -1.27. The molecule has 0 aliphatic rings. The third-order valence-electron chi connectivity index (χ3n) is 2.77. The number of carboxylic acids is 1. The Morgan fingerprint density at radius 2 is 2.00 bits per heavy atom. The van der Waals surface area contributed by atoms with E-state index in [1.54, 1.807) is 27.7 Å². The summed E-state index contributed by atoms with van der Waals surface area (Å²) < 4.78 is 18.7. The normalized spacial score (nSPS) is 12.6. The number of amides is 1. The minimum absolute atomic E-state index is 0.135. The second-order valence-corrected chi connectivity index (χ2v) is 6.53. The molecule has 0 saturated carbocycles. The molecule has 0 bridgehead atoms. The zero-order valence-corrected chi connectivity index (χ0v) is 14.5. The van der Waals surface area contributed by atoms with Gasteiger partial charge in [0.15, 0.2) is 6.04 Å². The molecule has 0 heterocycles. The molecular weight excluding hydrogens is 357 g/mol. The maximum Gasteiger partial charge on any atom is 0.411 e. The molecule has 7 heteroatoms. The summed E-state index contributed by atoms with van der Waals surface area (Å²) in [4.78, 5) is 25.0. The molecule has 0 saturated heterocycles. The molecule has 0 fully saturated rings. The van der Waals surface area contributed by atoms with Crippen molar-refractivity contribution >= 4 is 28.0 Å². The fourth-order valence-corrected chi connectivity index (χ4v) is 2.46. The molecule has 1 unspecified atom stereocenters. The minimum Gasteiger partial charge on any atom is -0.479 e. The summed E-state index contributed by atoms with van der Waals surface area (Å²) in [5.41, 5.74) is -0.463. The predicted octanol–water partition coefficient (Wildman–Crippen LogP) is 3.97. The standard InChI is InChI=1S/C15H19BrFNO4/c1-5-18(14(21)22-15(2,3)4)12(13(19)20)10-7-6-9(17)8-11(10)16/h6-8,12H,5H2,1-4H3,(H,19,20). The number of hydrogen-bond donors (Lipinski definition) is 1. The lowest BCUT2D eigenvalue weighted by Gasteiger charge is -2.31. The van der Waals surface area contributed by atoms with Crippen LogP contribution in [0.4, 0.5) is 9.18 Å². The number of carboxylic acid groups (broad SMARTS) is 1. The molecule has 1 amide bonds. The average molecular weight is 376 g/mol. The van der Waals surface area contributed by atoms with E-state index in [1.807, 2.05) is 0 Å². The largest absolute Gasteiger partial charge is 0.479 e. The highest BCUT2D eigenvalue weighted by Gasteiger charge is 2.34. The van der Waals surface area contributed by atoms with Gasteiger partial charge in [-0.25, -0.2) is 14.0 Å². The van der Waals surface area contributed by atoms with Crippen molar-refractivity contribution in [1.82, 2.24) is 4.90 Å². The number of ether oxygens (including phenoxy) is 1. The summed E-state index contributed by atoms with van der Waals surface area (Å²) >= 11 is 3.14. The Bertz CT molecular complexity index is 571. The van der Waals surface area contributed by atoms with Gasteiger partial charge in [0, 0.05) is 16.6 Å². The van der Waals surface area contributed by atoms with Crippen LogP contribution >= 0.6 is 15.9 Å². The van der Waals surface area contributed by atoms with E-state index in [9.17, 15) is 19.1 Å². The molecule has 1 aromatic rings. The Labute approximate surface area is 137 Å². The number of carbonyl (C=O) groups is 2. The van der Waals surface area contributed by atoms with Gasteiger partial charge < -0.3 is 9.84 Å². The van der Waals surface area contributed by atoms with Gasteiger partial charge in [0.2, 0.25) is 0 Å². The quantitative estimate of drug-likeness (QED) is 0.864. The molecule has 22 heavy (non-hydrogen) atoms. The van der Waals surface area contributed by atoms with Crippen molar-refractivity contribution in [1.29, 1.82) is 0 Å². The molecule has 0 radical (unpaired) electrons. The zero-order valence-electron chi connectivity index (χ0n) is 12.9. The summed E-state index contributed by atoms with van der Waals surface area (Å²) in [6, 6.07) is 2.38. The Kier molecular flexibility index (Phi) is 5.93. The maximum atomic E-state index is 13.2. The molecule has 0 aliphatic carbocycles. The van der Waals surface area contributed by atoms with E-state index < -0.39 is 29.5 Å². The fraction of sp³-hybridized carbons (Fsp3) is 0.467. The highest BCUT2D eigenvalue weighted by Crippen LogP contribution is 2.30. The van der Waals surface area contributed by atoms with Crippen molar-refractivity contribution in [2.24, 2.45) is 0 Å². The lowest BCUT2D eigenvalue weighted by molar-refractivity contribution is -0.143. The first-order valence-corrected chi connectivity index (χ1v) is 7.53. The summed E-state index contributed by atoms with van der Waals surface area (Å²) in [5, 5.41) is 9.51. The van der Waals surface area contributed by atoms with Crippen LogP contribution in [0.15, 0.2) is 22.7 Å². The van der Waals surface area contributed by atoms with Gasteiger partial charge in [-0.1, -0.05) is 22.0 Å². The van der Waals surface area contributed by atoms with Crippen molar-refractivity contribution in [3.8, 4) is 0 Å². The van der Waals surface area contributed by atoms with Gasteiger partial charge in [-0.05, 0) is 39.8 Å². The smallest absolute Gasteiger partial charge is 0.411 e. The van der Waals surface area contributed by atoms with Gasteiger partial charge in [-0.3, -0.25) is 4.90 Å². The summed E-state index contributed by atoms with van der Waals surface area (Å²) in [7, 11) is 0. The Hall–Kier alpha value is -1.63. The monoisotopic (exact) mass is 375 g/mol. The van der Waals surface area contributed by atoms with Crippen molar-refractivity contribution in [2.45, 2.75) is 39.3 Å². The summed E-state index contributed by atoms with van der Waals surface area (Å²) in [6.45, 7) is 6.87. The van der Waals surface area contributed by atoms with Crippen LogP contribution in [0, 0.1) is 5.82 Å². The van der Waals surface area contributed by atoms with Crippen LogP contribution in [0.1, 0.15) is 39.3 Å². The number of benzene rings is 1. The summed E-state index contributed by atoms with van der Waals surface area (Å²) in [6.07, 6.45) is -0.737. The van der Waals surface area contributed by atoms with Gasteiger partial charge in [0.05, 0.1) is 0 Å². The highest BCUT2D eigenvalue weighted by molar-refractivity contribution is 9.10. The second kappa shape index (κ2) is 7.09. The molecule has 1 aromatic carbocycles. The van der Waals surface area contributed by atoms with Gasteiger partial charge in [-0.15, -0.1) is 0 Å². The van der Waals surface area contributed by atoms with E-state index >= 15 is 0 Å². The Morgan fingerprint density at radius 3 is 2.41 bits per heavy atom. The molecule has 122 valence electrons. The van der Waals surface area contributed by atoms with Gasteiger partial charge in [0.25, 0.3) is 0 Å². The molecule has 5 nitrogen and oxygen atoms in total. The molecule has 1 N–H and O–H groups in total. The van der Waals surface area contributed by atoms with E-state index in [2.05, 4.69) is 15.9 Å². The third-order valence-corrected chi connectivity index (χ3v) is 3.46. The van der Waals surface area contributed by atoms with Gasteiger partial charge in [-0.2, -0.15) is 0 Å². The van der Waals surface area contributed by atoms with E-state index in [0.717, 1.165) is 17.0 Å². The zero-order chi connectivity index (χ0) is 17.1. The third kappa shape index (κ3) is 4.69. The van der Waals surface area contributed by atoms with Crippen LogP contribution in [0.25, 0.3) is 0 Å². The van der Waals surface area contributed by atoms with Crippen LogP contribution in [-0.2, 0) is 9.53 Å². The molecular formula is C15H19BrFNO4. The SMILES string of the molecule is CCN(C(=O)OC(C)(C)C)C(C(=O)O)c1ccc(F)cc1Br. The first-order valence-electron chi connectivity index (χ1n) is 6.74. The molecule has 0 aromatic heterocycles. The Morgan fingerprint density at radius 1 is 1.41 bits per heavy atom. The first-order chi connectivity index (χ1) is 10.1. The second-order valence-electron chi connectivity index (χ2n) is 5.67. The number of aliphatic carboxylic acids is 1. The lowest BCUT2D eigenvalue weighted by atomic mass is 10.1. The van der Waals surface area contributed by atoms with Crippen molar-refractivity contribution in [2.75, 3.05) is 6.54 Å². The van der Waals surface area contributed by atoms with Crippen LogP contribution in [0.3, 0.4) is 0 Å². The highest BCUT2D eigenvalue weighted by atomic mass is 79.9. The van der Waals surface area contributed by atoms with Crippen LogP contribution < -0.4 is 0 Å². The average Bonchev–Trinajstić information content (AvgIpc) is 2.34. The van der Waals surface area contributed by atoms with Crippen molar-refractivity contribution in [3.63, 3.8) is 0 Å². The molecule has 1 rings (SSSR count). The van der Waals surface area contributed by atoms with Crippen LogP contribution in [0.2, 0.25) is 0 Å². The topological polar surface area (TPSA) is 66.8 Å². The molecule has 0 aliphatic heterocycles. The molecule has 1 atom stereocenters. The number of hydrogen-bond acceptors (Lipinski definition) is 3. The Balaban J connectivity index is 3.22. The number of carbonyl (C=O) groups excluding carboxylic acids is 1. The predicted molar refractivity (Wildman–Crippen MR) is 83.1 cm³/mol. The van der Waals surface area contributed by atoms with E-state index in [-0.39, 0.29) is 16.6 Å². The van der Waals surface area contributed by atoms with E-state index in [1.165, 1.54) is 6.07 Å².